The van der Waals surface area contributed by atoms with E-state index in [1.807, 2.05) is 19.1 Å². The normalized spacial score (nSPS) is 9.83. The number of aldehydes is 1. The first-order valence-corrected chi connectivity index (χ1v) is 3.64. The van der Waals surface area contributed by atoms with E-state index < -0.39 is 0 Å². The van der Waals surface area contributed by atoms with Gasteiger partial charge in [0.15, 0.2) is 0 Å². The van der Waals surface area contributed by atoms with E-state index in [1.165, 1.54) is 0 Å². The highest BCUT2D eigenvalue weighted by molar-refractivity contribution is 5.77. The minimum absolute atomic E-state index is 0.274. The van der Waals surface area contributed by atoms with Gasteiger partial charge < -0.3 is 0 Å². The predicted octanol–water partition coefficient (Wildman–Crippen LogP) is 1.20. The van der Waals surface area contributed by atoms with E-state index in [9.17, 15) is 4.79 Å². The molecule has 0 bridgehead atoms. The zero-order valence-corrected chi connectivity index (χ0v) is 6.91. The number of carbonyl (C=O) groups excluding carboxylic acids is 1. The van der Waals surface area contributed by atoms with Gasteiger partial charge in [0.1, 0.15) is 6.29 Å². The second-order valence-corrected chi connectivity index (χ2v) is 2.63. The second-order valence-electron chi connectivity index (χ2n) is 2.63. The smallest absolute Gasteiger partial charge is 0.150 e. The molecule has 0 heterocycles. The quantitative estimate of drug-likeness (QED) is 0.540. The third kappa shape index (κ3) is 1.90. The minimum Gasteiger partial charge on any atom is -0.300 e. The SMILES string of the molecule is Cc1ccc(C=O)c(CON)c1. The maximum Gasteiger partial charge on any atom is 0.150 e. The molecule has 2 N–H and O–H groups in total. The van der Waals surface area contributed by atoms with Crippen molar-refractivity contribution in [3.8, 4) is 0 Å². The monoisotopic (exact) mass is 165 g/mol. The van der Waals surface area contributed by atoms with Gasteiger partial charge in [-0.15, -0.1) is 0 Å². The molecule has 0 fully saturated rings. The van der Waals surface area contributed by atoms with E-state index in [0.29, 0.717) is 5.56 Å². The van der Waals surface area contributed by atoms with Gasteiger partial charge in [-0.2, -0.15) is 0 Å². The van der Waals surface area contributed by atoms with E-state index in [4.69, 9.17) is 5.90 Å². The number of hydrogen-bond donors (Lipinski definition) is 1. The van der Waals surface area contributed by atoms with Gasteiger partial charge in [0.2, 0.25) is 0 Å². The van der Waals surface area contributed by atoms with Crippen LogP contribution in [0.15, 0.2) is 18.2 Å². The Morgan fingerprint density at radius 1 is 1.58 bits per heavy atom. The average molecular weight is 165 g/mol. The summed E-state index contributed by atoms with van der Waals surface area (Å²) in [6, 6.07) is 5.52. The summed E-state index contributed by atoms with van der Waals surface area (Å²) in [5.41, 5.74) is 2.55. The Hall–Kier alpha value is -1.19. The molecule has 0 saturated carbocycles. The van der Waals surface area contributed by atoms with Crippen molar-refractivity contribution in [2.75, 3.05) is 0 Å². The number of carbonyl (C=O) groups is 1. The molecule has 0 radical (unpaired) electrons. The lowest BCUT2D eigenvalue weighted by molar-refractivity contribution is 0.110. The summed E-state index contributed by atoms with van der Waals surface area (Å²) >= 11 is 0. The van der Waals surface area contributed by atoms with Crippen LogP contribution in [-0.4, -0.2) is 6.29 Å². The molecule has 3 heteroatoms. The lowest BCUT2D eigenvalue weighted by atomic mass is 10.1. The van der Waals surface area contributed by atoms with E-state index in [2.05, 4.69) is 4.84 Å². The molecule has 0 unspecified atom stereocenters. The molecule has 3 nitrogen and oxygen atoms in total. The maximum absolute atomic E-state index is 10.5. The molecular formula is C9H11NO2. The van der Waals surface area contributed by atoms with Crippen LogP contribution in [0.25, 0.3) is 0 Å². The van der Waals surface area contributed by atoms with Gasteiger partial charge in [-0.25, -0.2) is 5.90 Å². The first-order valence-electron chi connectivity index (χ1n) is 3.64. The Bertz CT molecular complexity index is 284. The van der Waals surface area contributed by atoms with Crippen molar-refractivity contribution in [1.29, 1.82) is 0 Å². The highest BCUT2D eigenvalue weighted by Crippen LogP contribution is 2.10. The van der Waals surface area contributed by atoms with Crippen molar-refractivity contribution in [1.82, 2.24) is 0 Å². The van der Waals surface area contributed by atoms with Crippen molar-refractivity contribution in [2.24, 2.45) is 5.90 Å². The highest BCUT2D eigenvalue weighted by atomic mass is 16.6. The Balaban J connectivity index is 3.03. The minimum atomic E-state index is 0.274. The molecule has 0 aromatic heterocycles. The summed E-state index contributed by atoms with van der Waals surface area (Å²) in [6.45, 7) is 2.23. The van der Waals surface area contributed by atoms with Crippen molar-refractivity contribution >= 4 is 6.29 Å². The Labute approximate surface area is 71.1 Å². The molecule has 0 amide bonds. The van der Waals surface area contributed by atoms with Crippen LogP contribution in [0.3, 0.4) is 0 Å². The summed E-state index contributed by atoms with van der Waals surface area (Å²) < 4.78 is 0. The maximum atomic E-state index is 10.5. The second kappa shape index (κ2) is 3.99. The first kappa shape index (κ1) is 8.90. The van der Waals surface area contributed by atoms with E-state index in [-0.39, 0.29) is 6.61 Å². The van der Waals surface area contributed by atoms with Gasteiger partial charge in [0, 0.05) is 5.56 Å². The molecule has 0 aliphatic rings. The molecule has 0 aliphatic carbocycles. The van der Waals surface area contributed by atoms with Crippen LogP contribution < -0.4 is 5.90 Å². The zero-order valence-electron chi connectivity index (χ0n) is 6.91. The van der Waals surface area contributed by atoms with Crippen molar-refractivity contribution in [2.45, 2.75) is 13.5 Å². The molecule has 1 rings (SSSR count). The fourth-order valence-electron chi connectivity index (χ4n) is 1.06. The van der Waals surface area contributed by atoms with Gasteiger partial charge in [-0.05, 0) is 12.5 Å². The standard InChI is InChI=1S/C9H11NO2/c1-7-2-3-8(5-11)9(4-7)6-12-10/h2-5H,6,10H2,1H3. The van der Waals surface area contributed by atoms with Crippen LogP contribution in [0, 0.1) is 6.92 Å². The summed E-state index contributed by atoms with van der Waals surface area (Å²) in [6.07, 6.45) is 0.799. The third-order valence-electron chi connectivity index (χ3n) is 1.66. The van der Waals surface area contributed by atoms with Crippen molar-refractivity contribution < 1.29 is 9.63 Å². The Morgan fingerprint density at radius 3 is 2.92 bits per heavy atom. The summed E-state index contributed by atoms with van der Waals surface area (Å²) in [7, 11) is 0. The first-order chi connectivity index (χ1) is 5.77. The predicted molar refractivity (Wildman–Crippen MR) is 45.5 cm³/mol. The number of aryl methyl sites for hydroxylation is 1. The lowest BCUT2D eigenvalue weighted by Gasteiger charge is -2.03. The number of nitrogens with two attached hydrogens (primary N) is 1. The third-order valence-corrected chi connectivity index (χ3v) is 1.66. The van der Waals surface area contributed by atoms with E-state index in [1.54, 1.807) is 6.07 Å². The molecular weight excluding hydrogens is 154 g/mol. The fourth-order valence-corrected chi connectivity index (χ4v) is 1.06. The number of rotatable bonds is 3. The summed E-state index contributed by atoms with van der Waals surface area (Å²) in [4.78, 5) is 15.0. The Morgan fingerprint density at radius 2 is 2.33 bits per heavy atom. The van der Waals surface area contributed by atoms with Gasteiger partial charge in [0.25, 0.3) is 0 Å². The van der Waals surface area contributed by atoms with Gasteiger partial charge in [-0.3, -0.25) is 9.63 Å². The van der Waals surface area contributed by atoms with Crippen LogP contribution in [0.5, 0.6) is 0 Å². The molecule has 0 saturated heterocycles. The van der Waals surface area contributed by atoms with E-state index in [0.717, 1.165) is 17.4 Å². The Kier molecular flexibility index (Phi) is 2.96. The fraction of sp³-hybridized carbons (Fsp3) is 0.222. The van der Waals surface area contributed by atoms with Crippen molar-refractivity contribution in [3.05, 3.63) is 34.9 Å². The molecule has 0 spiro atoms. The summed E-state index contributed by atoms with van der Waals surface area (Å²) in [5, 5.41) is 0. The van der Waals surface area contributed by atoms with Crippen LogP contribution in [0.2, 0.25) is 0 Å². The topological polar surface area (TPSA) is 52.3 Å². The van der Waals surface area contributed by atoms with Gasteiger partial charge in [-0.1, -0.05) is 23.8 Å². The largest absolute Gasteiger partial charge is 0.300 e. The average Bonchev–Trinajstić information content (AvgIpc) is 2.05. The van der Waals surface area contributed by atoms with Crippen LogP contribution in [0.1, 0.15) is 21.5 Å². The highest BCUT2D eigenvalue weighted by Gasteiger charge is 2.00. The number of benzene rings is 1. The van der Waals surface area contributed by atoms with Gasteiger partial charge in [0.05, 0.1) is 6.61 Å². The number of hydrogen-bond acceptors (Lipinski definition) is 3. The van der Waals surface area contributed by atoms with Crippen LogP contribution in [-0.2, 0) is 11.4 Å². The molecule has 0 aliphatic heterocycles. The van der Waals surface area contributed by atoms with Crippen LogP contribution in [0.4, 0.5) is 0 Å². The zero-order chi connectivity index (χ0) is 8.97. The van der Waals surface area contributed by atoms with E-state index >= 15 is 0 Å². The van der Waals surface area contributed by atoms with Crippen LogP contribution >= 0.6 is 0 Å². The molecule has 1 aromatic carbocycles. The molecule has 12 heavy (non-hydrogen) atoms. The van der Waals surface area contributed by atoms with Crippen molar-refractivity contribution in [3.63, 3.8) is 0 Å². The molecule has 0 atom stereocenters. The molecule has 1 aromatic rings. The summed E-state index contributed by atoms with van der Waals surface area (Å²) in [5.74, 6) is 4.92. The van der Waals surface area contributed by atoms with Gasteiger partial charge >= 0.3 is 0 Å². The molecule has 64 valence electrons. The lowest BCUT2D eigenvalue weighted by Crippen LogP contribution is -2.02.